The zero-order valence-corrected chi connectivity index (χ0v) is 10.5. The van der Waals surface area contributed by atoms with E-state index in [0.717, 1.165) is 5.56 Å². The molecule has 0 aliphatic carbocycles. The summed E-state index contributed by atoms with van der Waals surface area (Å²) in [5.74, 6) is -0.0714. The van der Waals surface area contributed by atoms with Crippen molar-refractivity contribution in [3.63, 3.8) is 0 Å². The third-order valence-corrected chi connectivity index (χ3v) is 3.81. The summed E-state index contributed by atoms with van der Waals surface area (Å²) in [6.07, 6.45) is 0. The van der Waals surface area contributed by atoms with Crippen LogP contribution in [0, 0.1) is 6.92 Å². The highest BCUT2D eigenvalue weighted by atomic mass is 35.5. The first-order valence-corrected chi connectivity index (χ1v) is 6.84. The van der Waals surface area contributed by atoms with Gasteiger partial charge in [-0.1, -0.05) is 23.7 Å². The molecule has 0 fully saturated rings. The molecule has 0 radical (unpaired) electrons. The molecule has 1 aromatic carbocycles. The summed E-state index contributed by atoms with van der Waals surface area (Å²) in [4.78, 5) is 0. The molecule has 0 atom stereocenters. The van der Waals surface area contributed by atoms with Gasteiger partial charge in [-0.2, -0.15) is 0 Å². The Bertz CT molecular complexity index is 425. The Hall–Kier alpha value is -0.450. The Morgan fingerprint density at radius 2 is 2.07 bits per heavy atom. The molecule has 0 bridgehead atoms. The Morgan fingerprint density at radius 3 is 2.60 bits per heavy atom. The summed E-state index contributed by atoms with van der Waals surface area (Å²) in [6.45, 7) is 1.78. The summed E-state index contributed by atoms with van der Waals surface area (Å²) in [5, 5.41) is 0.383. The van der Waals surface area contributed by atoms with Crippen molar-refractivity contribution in [1.29, 1.82) is 0 Å². The Labute approximate surface area is 99.4 Å². The summed E-state index contributed by atoms with van der Waals surface area (Å²) in [7, 11) is -3.40. The predicted octanol–water partition coefficient (Wildman–Crippen LogP) is 2.63. The van der Waals surface area contributed by atoms with E-state index in [9.17, 15) is 8.42 Å². The van der Waals surface area contributed by atoms with Crippen LogP contribution >= 0.6 is 23.2 Å². The van der Waals surface area contributed by atoms with Crippen LogP contribution in [0.15, 0.2) is 18.2 Å². The normalized spacial score (nSPS) is 11.4. The number of halogens is 2. The van der Waals surface area contributed by atoms with Crippen LogP contribution in [0.5, 0.6) is 0 Å². The van der Waals surface area contributed by atoms with Gasteiger partial charge in [0, 0.05) is 5.88 Å². The molecule has 0 aliphatic rings. The first kappa shape index (κ1) is 12.6. The van der Waals surface area contributed by atoms with Crippen molar-refractivity contribution in [3.05, 3.63) is 28.8 Å². The fourth-order valence-corrected chi connectivity index (χ4v) is 2.89. The number of nitrogens with one attached hydrogen (secondary N) is 1. The number of aryl methyl sites for hydroxylation is 1. The average molecular weight is 268 g/mol. The van der Waals surface area contributed by atoms with E-state index in [4.69, 9.17) is 23.2 Å². The van der Waals surface area contributed by atoms with Crippen molar-refractivity contribution < 1.29 is 8.42 Å². The SMILES string of the molecule is Cc1cccc(Cl)c1NS(=O)(=O)CCCl. The van der Waals surface area contributed by atoms with Crippen molar-refractivity contribution in [1.82, 2.24) is 0 Å². The van der Waals surface area contributed by atoms with Gasteiger partial charge >= 0.3 is 0 Å². The van der Waals surface area contributed by atoms with Crippen molar-refractivity contribution in [2.45, 2.75) is 6.92 Å². The van der Waals surface area contributed by atoms with Gasteiger partial charge in [-0.15, -0.1) is 11.6 Å². The third-order valence-electron chi connectivity index (χ3n) is 1.83. The molecule has 0 heterocycles. The van der Waals surface area contributed by atoms with Gasteiger partial charge in [-0.05, 0) is 18.6 Å². The van der Waals surface area contributed by atoms with E-state index in [1.807, 2.05) is 0 Å². The van der Waals surface area contributed by atoms with Crippen LogP contribution in [0.25, 0.3) is 0 Å². The highest BCUT2D eigenvalue weighted by Crippen LogP contribution is 2.26. The Morgan fingerprint density at radius 1 is 1.40 bits per heavy atom. The number of sulfonamides is 1. The second kappa shape index (κ2) is 5.05. The molecule has 3 nitrogen and oxygen atoms in total. The monoisotopic (exact) mass is 267 g/mol. The number of benzene rings is 1. The smallest absolute Gasteiger partial charge is 0.233 e. The molecule has 84 valence electrons. The molecule has 0 saturated heterocycles. The zero-order valence-electron chi connectivity index (χ0n) is 8.13. The van der Waals surface area contributed by atoms with Crippen LogP contribution in [0.3, 0.4) is 0 Å². The van der Waals surface area contributed by atoms with E-state index < -0.39 is 10.0 Å². The standard InChI is InChI=1S/C9H11Cl2NO2S/c1-7-3-2-4-8(11)9(7)12-15(13,14)6-5-10/h2-4,12H,5-6H2,1H3. The number of rotatable bonds is 4. The topological polar surface area (TPSA) is 46.2 Å². The number of hydrogen-bond acceptors (Lipinski definition) is 2. The van der Waals surface area contributed by atoms with Gasteiger partial charge < -0.3 is 0 Å². The van der Waals surface area contributed by atoms with E-state index in [2.05, 4.69) is 4.72 Å². The van der Waals surface area contributed by atoms with Crippen molar-refractivity contribution in [2.24, 2.45) is 0 Å². The van der Waals surface area contributed by atoms with Crippen molar-refractivity contribution in [3.8, 4) is 0 Å². The molecule has 0 saturated carbocycles. The summed E-state index contributed by atoms with van der Waals surface area (Å²) < 4.78 is 25.3. The van der Waals surface area contributed by atoms with Gasteiger partial charge in [0.1, 0.15) is 0 Å². The van der Waals surface area contributed by atoms with Gasteiger partial charge in [0.15, 0.2) is 0 Å². The molecule has 1 aromatic rings. The Kier molecular flexibility index (Phi) is 4.25. The maximum absolute atomic E-state index is 11.5. The highest BCUT2D eigenvalue weighted by molar-refractivity contribution is 7.92. The van der Waals surface area contributed by atoms with Crippen LogP contribution in [0.1, 0.15) is 5.56 Å². The fourth-order valence-electron chi connectivity index (χ4n) is 1.07. The van der Waals surface area contributed by atoms with Gasteiger partial charge in [0.2, 0.25) is 10.0 Å². The van der Waals surface area contributed by atoms with Gasteiger partial charge in [0.05, 0.1) is 16.5 Å². The lowest BCUT2D eigenvalue weighted by Gasteiger charge is -2.10. The van der Waals surface area contributed by atoms with E-state index in [-0.39, 0.29) is 11.6 Å². The maximum Gasteiger partial charge on any atom is 0.233 e. The summed E-state index contributed by atoms with van der Waals surface area (Å²) in [6, 6.07) is 5.18. The molecular formula is C9H11Cl2NO2S. The minimum atomic E-state index is -3.40. The van der Waals surface area contributed by atoms with Crippen LogP contribution in [-0.2, 0) is 10.0 Å². The second-order valence-electron chi connectivity index (χ2n) is 3.04. The molecular weight excluding hydrogens is 257 g/mol. The lowest BCUT2D eigenvalue weighted by molar-refractivity contribution is 0.602. The first-order chi connectivity index (χ1) is 6.96. The van der Waals surface area contributed by atoms with Crippen LogP contribution in [0.2, 0.25) is 5.02 Å². The first-order valence-electron chi connectivity index (χ1n) is 4.28. The summed E-state index contributed by atoms with van der Waals surface area (Å²) >= 11 is 11.3. The second-order valence-corrected chi connectivity index (χ2v) is 5.67. The van der Waals surface area contributed by atoms with E-state index in [0.29, 0.717) is 10.7 Å². The minimum Gasteiger partial charge on any atom is -0.282 e. The summed E-state index contributed by atoms with van der Waals surface area (Å²) in [5.41, 5.74) is 1.20. The maximum atomic E-state index is 11.5. The Balaban J connectivity index is 2.99. The van der Waals surface area contributed by atoms with Crippen LogP contribution < -0.4 is 4.72 Å². The molecule has 6 heteroatoms. The molecule has 0 amide bonds. The van der Waals surface area contributed by atoms with E-state index in [1.54, 1.807) is 25.1 Å². The molecule has 0 spiro atoms. The zero-order chi connectivity index (χ0) is 11.5. The van der Waals surface area contributed by atoms with Gasteiger partial charge in [-0.3, -0.25) is 4.72 Å². The molecule has 1 N–H and O–H groups in total. The molecule has 0 aromatic heterocycles. The van der Waals surface area contributed by atoms with Gasteiger partial charge in [-0.25, -0.2) is 8.42 Å². The average Bonchev–Trinajstić information content (AvgIpc) is 2.11. The molecule has 1 rings (SSSR count). The minimum absolute atomic E-state index is 0.0544. The van der Waals surface area contributed by atoms with E-state index in [1.165, 1.54) is 0 Å². The molecule has 15 heavy (non-hydrogen) atoms. The third kappa shape index (κ3) is 3.55. The van der Waals surface area contributed by atoms with E-state index >= 15 is 0 Å². The molecule has 0 unspecified atom stereocenters. The fraction of sp³-hybridized carbons (Fsp3) is 0.333. The van der Waals surface area contributed by atoms with Crippen LogP contribution in [-0.4, -0.2) is 20.1 Å². The number of alkyl halides is 1. The van der Waals surface area contributed by atoms with Crippen molar-refractivity contribution in [2.75, 3.05) is 16.4 Å². The number of anilines is 1. The highest BCUT2D eigenvalue weighted by Gasteiger charge is 2.12. The molecule has 0 aliphatic heterocycles. The van der Waals surface area contributed by atoms with Crippen molar-refractivity contribution >= 4 is 38.9 Å². The lowest BCUT2D eigenvalue weighted by Crippen LogP contribution is -2.18. The van der Waals surface area contributed by atoms with Gasteiger partial charge in [0.25, 0.3) is 0 Å². The van der Waals surface area contributed by atoms with Crippen LogP contribution in [0.4, 0.5) is 5.69 Å². The quantitative estimate of drug-likeness (QED) is 0.853. The predicted molar refractivity (Wildman–Crippen MR) is 64.3 cm³/mol. The number of para-hydroxylation sites is 1. The largest absolute Gasteiger partial charge is 0.282 e. The lowest BCUT2D eigenvalue weighted by atomic mass is 10.2. The number of hydrogen-bond donors (Lipinski definition) is 1.